The van der Waals surface area contributed by atoms with E-state index in [9.17, 15) is 9.59 Å². The van der Waals surface area contributed by atoms with Crippen LogP contribution in [0.4, 0.5) is 0 Å². The molecule has 1 aromatic rings. The van der Waals surface area contributed by atoms with Crippen molar-refractivity contribution in [2.75, 3.05) is 13.7 Å². The van der Waals surface area contributed by atoms with Crippen LogP contribution in [0, 0.1) is 0 Å². The van der Waals surface area contributed by atoms with Gasteiger partial charge in [0.05, 0.1) is 7.11 Å². The van der Waals surface area contributed by atoms with Gasteiger partial charge in [0, 0.05) is 6.54 Å². The van der Waals surface area contributed by atoms with Gasteiger partial charge in [0.2, 0.25) is 11.7 Å². The van der Waals surface area contributed by atoms with E-state index in [1.54, 1.807) is 6.92 Å². The van der Waals surface area contributed by atoms with Crippen molar-refractivity contribution in [1.82, 2.24) is 14.9 Å². The normalized spacial score (nSPS) is 12.0. The van der Waals surface area contributed by atoms with Gasteiger partial charge in [-0.15, -0.1) is 0 Å². The lowest BCUT2D eigenvalue weighted by Gasteiger charge is -2.15. The summed E-state index contributed by atoms with van der Waals surface area (Å²) in [7, 11) is 1.33. The average molecular weight is 274 g/mol. The first-order valence-electron chi connectivity index (χ1n) is 5.61. The van der Waals surface area contributed by atoms with Gasteiger partial charge in [-0.1, -0.05) is 18.5 Å². The van der Waals surface area contributed by atoms with Crippen molar-refractivity contribution < 1.29 is 9.53 Å². The Bertz CT molecular complexity index is 487. The number of nitrogens with zero attached hydrogens (tertiary/aromatic N) is 2. The summed E-state index contributed by atoms with van der Waals surface area (Å²) in [6.07, 6.45) is 2.07. The number of halogens is 1. The Labute approximate surface area is 110 Å². The highest BCUT2D eigenvalue weighted by Gasteiger charge is 2.19. The number of hydrogen-bond acceptors (Lipinski definition) is 4. The zero-order valence-electron chi connectivity index (χ0n) is 10.6. The molecule has 0 aliphatic carbocycles. The van der Waals surface area contributed by atoms with Crippen molar-refractivity contribution in [3.8, 4) is 5.75 Å². The minimum absolute atomic E-state index is 0.0140. The van der Waals surface area contributed by atoms with Crippen LogP contribution in [0.1, 0.15) is 26.3 Å². The molecule has 0 saturated carbocycles. The lowest BCUT2D eigenvalue weighted by Crippen LogP contribution is -2.36. The molecular formula is C11H16ClN3O3. The second-order valence-corrected chi connectivity index (χ2v) is 4.11. The van der Waals surface area contributed by atoms with Crippen LogP contribution >= 0.6 is 11.6 Å². The van der Waals surface area contributed by atoms with E-state index in [1.165, 1.54) is 18.0 Å². The molecule has 7 heteroatoms. The van der Waals surface area contributed by atoms with Gasteiger partial charge in [0.15, 0.2) is 5.15 Å². The molecule has 1 unspecified atom stereocenters. The van der Waals surface area contributed by atoms with Crippen molar-refractivity contribution in [2.24, 2.45) is 0 Å². The molecule has 0 aromatic carbocycles. The van der Waals surface area contributed by atoms with Gasteiger partial charge >= 0.3 is 0 Å². The predicted octanol–water partition coefficient (Wildman–Crippen LogP) is 0.992. The molecule has 0 fully saturated rings. The number of amides is 1. The van der Waals surface area contributed by atoms with Crippen LogP contribution in [0.5, 0.6) is 5.75 Å². The van der Waals surface area contributed by atoms with E-state index in [1.807, 2.05) is 6.92 Å². The molecule has 0 bridgehead atoms. The molecular weight excluding hydrogens is 258 g/mol. The second kappa shape index (κ2) is 6.39. The van der Waals surface area contributed by atoms with Crippen molar-refractivity contribution in [3.05, 3.63) is 21.8 Å². The van der Waals surface area contributed by atoms with E-state index in [4.69, 9.17) is 16.3 Å². The molecule has 1 amide bonds. The molecule has 1 aromatic heterocycles. The zero-order chi connectivity index (χ0) is 13.7. The summed E-state index contributed by atoms with van der Waals surface area (Å²) in [4.78, 5) is 27.6. The summed E-state index contributed by atoms with van der Waals surface area (Å²) in [5, 5.41) is 2.70. The minimum atomic E-state index is -0.664. The maximum atomic E-state index is 12.0. The van der Waals surface area contributed by atoms with E-state index in [0.29, 0.717) is 6.54 Å². The summed E-state index contributed by atoms with van der Waals surface area (Å²) in [6.45, 7) is 4.13. The molecule has 0 aliphatic rings. The second-order valence-electron chi connectivity index (χ2n) is 3.75. The Hall–Kier alpha value is -1.56. The van der Waals surface area contributed by atoms with Crippen molar-refractivity contribution in [2.45, 2.75) is 26.3 Å². The number of carbonyl (C=O) groups excluding carboxylic acids is 1. The Kier molecular flexibility index (Phi) is 5.15. The first kappa shape index (κ1) is 14.5. The van der Waals surface area contributed by atoms with Gasteiger partial charge in [0.25, 0.3) is 5.56 Å². The number of aromatic nitrogens is 2. The lowest BCUT2D eigenvalue weighted by atomic mass is 10.3. The maximum absolute atomic E-state index is 12.0. The number of methoxy groups -OCH3 is 1. The Balaban J connectivity index is 3.03. The van der Waals surface area contributed by atoms with Crippen LogP contribution in [0.2, 0.25) is 5.15 Å². The highest BCUT2D eigenvalue weighted by Crippen LogP contribution is 2.16. The summed E-state index contributed by atoms with van der Waals surface area (Å²) < 4.78 is 6.06. The first-order chi connectivity index (χ1) is 8.52. The molecule has 0 radical (unpaired) electrons. The Morgan fingerprint density at radius 1 is 1.67 bits per heavy atom. The van der Waals surface area contributed by atoms with Gasteiger partial charge in [-0.3, -0.25) is 14.2 Å². The van der Waals surface area contributed by atoms with E-state index in [0.717, 1.165) is 6.42 Å². The molecule has 1 N–H and O–H groups in total. The number of ether oxygens (including phenoxy) is 1. The first-order valence-corrected chi connectivity index (χ1v) is 5.99. The van der Waals surface area contributed by atoms with Crippen molar-refractivity contribution >= 4 is 17.5 Å². The molecule has 0 aliphatic heterocycles. The van der Waals surface area contributed by atoms with Crippen molar-refractivity contribution in [1.29, 1.82) is 0 Å². The van der Waals surface area contributed by atoms with E-state index < -0.39 is 11.6 Å². The highest BCUT2D eigenvalue weighted by molar-refractivity contribution is 6.30. The summed E-state index contributed by atoms with van der Waals surface area (Å²) >= 11 is 5.72. The van der Waals surface area contributed by atoms with Gasteiger partial charge in [0.1, 0.15) is 12.4 Å². The summed E-state index contributed by atoms with van der Waals surface area (Å²) in [6, 6.07) is -0.664. The highest BCUT2D eigenvalue weighted by atomic mass is 35.5. The quantitative estimate of drug-likeness (QED) is 0.812. The van der Waals surface area contributed by atoms with Crippen LogP contribution in [-0.4, -0.2) is 29.1 Å². The van der Waals surface area contributed by atoms with Crippen LogP contribution in [0.3, 0.4) is 0 Å². The van der Waals surface area contributed by atoms with Gasteiger partial charge in [-0.2, -0.15) is 0 Å². The van der Waals surface area contributed by atoms with Gasteiger partial charge < -0.3 is 10.1 Å². The SMILES string of the molecule is CCCNC(=O)C(C)n1cnc(Cl)c(OC)c1=O. The maximum Gasteiger partial charge on any atom is 0.298 e. The third kappa shape index (κ3) is 3.01. The smallest absolute Gasteiger partial charge is 0.298 e. The summed E-state index contributed by atoms with van der Waals surface area (Å²) in [5.74, 6) is -0.306. The van der Waals surface area contributed by atoms with E-state index in [2.05, 4.69) is 10.3 Å². The lowest BCUT2D eigenvalue weighted by molar-refractivity contribution is -0.123. The molecule has 18 heavy (non-hydrogen) atoms. The fraction of sp³-hybridized carbons (Fsp3) is 0.545. The molecule has 1 rings (SSSR count). The number of hydrogen-bond donors (Lipinski definition) is 1. The monoisotopic (exact) mass is 273 g/mol. The predicted molar refractivity (Wildman–Crippen MR) is 68.1 cm³/mol. The Morgan fingerprint density at radius 2 is 2.33 bits per heavy atom. The fourth-order valence-corrected chi connectivity index (χ4v) is 1.60. The third-order valence-electron chi connectivity index (χ3n) is 2.46. The van der Waals surface area contributed by atoms with Crippen LogP contribution in [-0.2, 0) is 4.79 Å². The van der Waals surface area contributed by atoms with E-state index in [-0.39, 0.29) is 16.8 Å². The van der Waals surface area contributed by atoms with Gasteiger partial charge in [-0.25, -0.2) is 4.98 Å². The molecule has 1 heterocycles. The van der Waals surface area contributed by atoms with Crippen molar-refractivity contribution in [3.63, 3.8) is 0 Å². The Morgan fingerprint density at radius 3 is 2.89 bits per heavy atom. The molecule has 6 nitrogen and oxygen atoms in total. The standard InChI is InChI=1S/C11H16ClN3O3/c1-4-5-13-10(16)7(2)15-6-14-9(12)8(18-3)11(15)17/h6-7H,4-5H2,1-3H3,(H,13,16). The average Bonchev–Trinajstić information content (AvgIpc) is 2.36. The van der Waals surface area contributed by atoms with Crippen LogP contribution < -0.4 is 15.6 Å². The summed E-state index contributed by atoms with van der Waals surface area (Å²) in [5.41, 5.74) is -0.475. The zero-order valence-corrected chi connectivity index (χ0v) is 11.3. The molecule has 0 saturated heterocycles. The number of nitrogens with one attached hydrogen (secondary N) is 1. The molecule has 0 spiro atoms. The van der Waals surface area contributed by atoms with Crippen LogP contribution in [0.15, 0.2) is 11.1 Å². The fourth-order valence-electron chi connectivity index (χ4n) is 1.40. The van der Waals surface area contributed by atoms with Crippen LogP contribution in [0.25, 0.3) is 0 Å². The third-order valence-corrected chi connectivity index (χ3v) is 2.73. The minimum Gasteiger partial charge on any atom is -0.489 e. The van der Waals surface area contributed by atoms with E-state index >= 15 is 0 Å². The molecule has 1 atom stereocenters. The largest absolute Gasteiger partial charge is 0.489 e. The number of carbonyl (C=O) groups is 1. The molecule has 100 valence electrons. The topological polar surface area (TPSA) is 73.2 Å². The number of rotatable bonds is 5. The van der Waals surface area contributed by atoms with Gasteiger partial charge in [-0.05, 0) is 13.3 Å².